The van der Waals surface area contributed by atoms with E-state index in [1.807, 2.05) is 0 Å². The van der Waals surface area contributed by atoms with Crippen molar-refractivity contribution >= 4 is 7.91 Å². The summed E-state index contributed by atoms with van der Waals surface area (Å²) in [5.74, 6) is 0. The van der Waals surface area contributed by atoms with Crippen LogP contribution >= 0.6 is 7.91 Å². The van der Waals surface area contributed by atoms with Crippen LogP contribution in [0.2, 0.25) is 0 Å². The summed E-state index contributed by atoms with van der Waals surface area (Å²) in [6, 6.07) is 0. The molecule has 0 amide bonds. The van der Waals surface area contributed by atoms with Crippen molar-refractivity contribution in [2.24, 2.45) is 0 Å². The minimum absolute atomic E-state index is 0. The van der Waals surface area contributed by atoms with Crippen LogP contribution < -0.4 is 24.1 Å². The van der Waals surface area contributed by atoms with Crippen molar-refractivity contribution in [3.63, 3.8) is 0 Å². The van der Waals surface area contributed by atoms with Crippen LogP contribution in [0.3, 0.4) is 0 Å². The Kier molecular flexibility index (Phi) is 5.47. The van der Waals surface area contributed by atoms with Crippen LogP contribution in [0.1, 0.15) is 0 Å². The summed E-state index contributed by atoms with van der Waals surface area (Å²) in [5.41, 5.74) is 0. The molecular weight excluding hydrogens is 121 g/mol. The molecule has 0 aliphatic rings. The Hall–Kier alpha value is 0.637. The van der Waals surface area contributed by atoms with Gasteiger partial charge in [0.1, 0.15) is 0 Å². The first-order valence-electron chi connectivity index (χ1n) is 0.901. The van der Waals surface area contributed by atoms with Crippen molar-refractivity contribution in [3.8, 4) is 0 Å². The third-order valence-corrected chi connectivity index (χ3v) is 0.276. The molecule has 1 atom stereocenters. The molecule has 0 radical (unpaired) electrons. The first-order valence-corrected chi connectivity index (χ1v) is 2.37. The molecule has 0 aliphatic carbocycles. The summed E-state index contributed by atoms with van der Waals surface area (Å²) in [6.45, 7) is 0. The van der Waals surface area contributed by atoms with Gasteiger partial charge in [-0.05, 0) is 0 Å². The Bertz CT molecular complexity index is 75.8. The Morgan fingerprint density at radius 2 is 2.00 bits per heavy atom. The summed E-state index contributed by atoms with van der Waals surface area (Å²) < 4.78 is 21.8. The molecule has 0 bridgehead atoms. The molecule has 38 valence electrons. The van der Waals surface area contributed by atoms with Crippen molar-refractivity contribution in [3.05, 3.63) is 0 Å². The van der Waals surface area contributed by atoms with Gasteiger partial charge < -0.3 is 9.93 Å². The maximum absolute atomic E-state index is 10.7. The van der Waals surface area contributed by atoms with E-state index in [0.29, 0.717) is 0 Å². The average molecular weight is 122 g/mol. The number of hydrogen-bond donors (Lipinski definition) is 1. The predicted molar refractivity (Wildman–Crippen MR) is 12.0 cm³/mol. The Labute approximate surface area is 51.1 Å². The number of rotatable bonds is 1. The van der Waals surface area contributed by atoms with Gasteiger partial charge in [0.25, 0.3) is 0 Å². The van der Waals surface area contributed by atoms with E-state index < -0.39 is 7.91 Å². The fourth-order valence-electron chi connectivity index (χ4n) is 0. The normalized spacial score (nSPS) is 17.0. The van der Waals surface area contributed by atoms with Crippen molar-refractivity contribution in [1.29, 1.82) is 0 Å². The number of hydrogen-bond acceptors (Lipinski definition) is 3. The third-order valence-electron chi connectivity index (χ3n) is 0.0919. The fourth-order valence-corrected chi connectivity index (χ4v) is 0. The molecular formula is HFLiO4P. The molecule has 0 saturated heterocycles. The minimum atomic E-state index is -5.20. The maximum atomic E-state index is 10.7. The summed E-state index contributed by atoms with van der Waals surface area (Å²) in [4.78, 5) is 7.18. The molecule has 0 aromatic carbocycles. The molecule has 7 heteroatoms. The first-order chi connectivity index (χ1) is 2.56. The third kappa shape index (κ3) is 10.8. The second-order valence-electron chi connectivity index (χ2n) is 0.526. The van der Waals surface area contributed by atoms with Crippen LogP contribution in [0, 0.1) is 0 Å². The van der Waals surface area contributed by atoms with Crippen molar-refractivity contribution in [2.75, 3.05) is 0 Å². The van der Waals surface area contributed by atoms with E-state index >= 15 is 0 Å². The second-order valence-corrected chi connectivity index (χ2v) is 1.58. The fraction of sp³-hybridized carbons (Fsp3) is 0. The van der Waals surface area contributed by atoms with Gasteiger partial charge in [0.15, 0.2) is 0 Å². The van der Waals surface area contributed by atoms with Gasteiger partial charge in [-0.25, -0.2) is 4.57 Å². The summed E-state index contributed by atoms with van der Waals surface area (Å²) >= 11 is 0. The summed E-state index contributed by atoms with van der Waals surface area (Å²) in [7, 11) is -5.20. The second kappa shape index (κ2) is 3.62. The number of halogens is 1. The van der Waals surface area contributed by atoms with Crippen molar-refractivity contribution in [1.82, 2.24) is 0 Å². The molecule has 1 unspecified atom stereocenters. The topological polar surface area (TPSA) is 69.6 Å². The van der Waals surface area contributed by atoms with Gasteiger partial charge in [0.2, 0.25) is 0 Å². The van der Waals surface area contributed by atoms with Crippen LogP contribution in [0.25, 0.3) is 0 Å². The molecule has 0 aromatic rings. The van der Waals surface area contributed by atoms with Gasteiger partial charge in [-0.3, -0.25) is 4.89 Å². The van der Waals surface area contributed by atoms with Crippen molar-refractivity contribution < 1.29 is 42.4 Å². The van der Waals surface area contributed by atoms with E-state index in [0.717, 1.165) is 0 Å². The van der Waals surface area contributed by atoms with Gasteiger partial charge >= 0.3 is 26.8 Å². The van der Waals surface area contributed by atoms with E-state index in [9.17, 15) is 4.20 Å². The molecule has 0 rings (SSSR count). The zero-order valence-electron chi connectivity index (χ0n) is 3.50. The van der Waals surface area contributed by atoms with E-state index in [1.54, 1.807) is 0 Å². The predicted octanol–water partition coefficient (Wildman–Crippen LogP) is -3.65. The van der Waals surface area contributed by atoms with E-state index in [2.05, 4.69) is 4.67 Å². The monoisotopic (exact) mass is 122 g/mol. The molecule has 0 aliphatic heterocycles. The van der Waals surface area contributed by atoms with Crippen LogP contribution in [-0.4, -0.2) is 4.89 Å². The summed E-state index contributed by atoms with van der Waals surface area (Å²) in [5, 5.41) is 8.56. The molecule has 0 spiro atoms. The quantitative estimate of drug-likeness (QED) is 0.168. The molecule has 0 fully saturated rings. The Balaban J connectivity index is 0. The average Bonchev–Trinajstić information content (AvgIpc) is 1.35. The molecule has 1 N–H and O–H groups in total. The molecule has 7 heavy (non-hydrogen) atoms. The van der Waals surface area contributed by atoms with Crippen LogP contribution in [0.4, 0.5) is 4.20 Å². The largest absolute Gasteiger partial charge is 1.00 e. The zero-order chi connectivity index (χ0) is 5.21. The Morgan fingerprint density at radius 1 is 1.86 bits per heavy atom. The van der Waals surface area contributed by atoms with E-state index in [1.165, 1.54) is 0 Å². The van der Waals surface area contributed by atoms with Gasteiger partial charge in [0.05, 0.1) is 0 Å². The summed E-state index contributed by atoms with van der Waals surface area (Å²) in [6.07, 6.45) is 0. The Morgan fingerprint density at radius 3 is 2.00 bits per heavy atom. The molecule has 0 heterocycles. The van der Waals surface area contributed by atoms with Gasteiger partial charge in [0, 0.05) is 0 Å². The van der Waals surface area contributed by atoms with Gasteiger partial charge in [-0.15, -0.1) is 4.20 Å². The van der Waals surface area contributed by atoms with Gasteiger partial charge in [-0.1, -0.05) is 0 Å². The molecule has 4 nitrogen and oxygen atoms in total. The van der Waals surface area contributed by atoms with E-state index in [-0.39, 0.29) is 18.9 Å². The first kappa shape index (κ1) is 10.6. The van der Waals surface area contributed by atoms with Crippen LogP contribution in [-0.2, 0) is 9.24 Å². The van der Waals surface area contributed by atoms with Gasteiger partial charge in [-0.2, -0.15) is 0 Å². The van der Waals surface area contributed by atoms with Crippen molar-refractivity contribution in [2.45, 2.75) is 0 Å². The standard InChI is InChI=1S/FH2O4P.Li/c1-6(3,4)5-2;/h2H,(H,3,4);/q;+1/p-1. The maximum Gasteiger partial charge on any atom is 1.00 e. The van der Waals surface area contributed by atoms with Crippen LogP contribution in [0.5, 0.6) is 0 Å². The minimum Gasteiger partial charge on any atom is -0.714 e. The molecule has 0 saturated carbocycles. The zero-order valence-corrected chi connectivity index (χ0v) is 4.39. The SMILES string of the molecule is O=P(O)(F)O[O-].[Li+]. The smallest absolute Gasteiger partial charge is 0.714 e. The molecule has 0 aromatic heterocycles. The van der Waals surface area contributed by atoms with E-state index in [4.69, 9.17) is 14.7 Å². The van der Waals surface area contributed by atoms with Crippen LogP contribution in [0.15, 0.2) is 0 Å².